The molecule has 0 bridgehead atoms. The Bertz CT molecular complexity index is 363. The van der Waals surface area contributed by atoms with Crippen molar-refractivity contribution >= 4 is 11.8 Å². The van der Waals surface area contributed by atoms with Gasteiger partial charge in [0.2, 0.25) is 0 Å². The zero-order valence-electron chi connectivity index (χ0n) is 15.5. The number of Topliss-reactive ketones (excluding diaryl/α,β-unsaturated/α-hetero) is 1. The van der Waals surface area contributed by atoms with Crippen molar-refractivity contribution in [2.75, 3.05) is 0 Å². The van der Waals surface area contributed by atoms with Crippen LogP contribution in [0.5, 0.6) is 0 Å². The van der Waals surface area contributed by atoms with Crippen LogP contribution < -0.4 is 0 Å². The van der Waals surface area contributed by atoms with Gasteiger partial charge in [0.15, 0.2) is 0 Å². The topological polar surface area (TPSA) is 74.6 Å². The second-order valence-electron chi connectivity index (χ2n) is 6.62. The number of rotatable bonds is 11. The van der Waals surface area contributed by atoms with Crippen molar-refractivity contribution in [2.24, 2.45) is 5.92 Å². The van der Waals surface area contributed by atoms with E-state index in [1.807, 2.05) is 12.2 Å². The highest BCUT2D eigenvalue weighted by Crippen LogP contribution is 2.22. The van der Waals surface area contributed by atoms with Gasteiger partial charge in [0.05, 0.1) is 6.10 Å². The highest BCUT2D eigenvalue weighted by Gasteiger charge is 2.21. The summed E-state index contributed by atoms with van der Waals surface area (Å²) >= 11 is 0. The number of aliphatic hydroxyl groups is 1. The van der Waals surface area contributed by atoms with Crippen molar-refractivity contribution in [1.82, 2.24) is 0 Å². The van der Waals surface area contributed by atoms with Crippen molar-refractivity contribution in [1.29, 1.82) is 0 Å². The molecule has 4 heteroatoms. The average molecular weight is 341 g/mol. The fourth-order valence-electron chi connectivity index (χ4n) is 2.71. The predicted octanol–water partition coefficient (Wildman–Crippen LogP) is 4.89. The number of carbonyl (C=O) groups is 2. The van der Waals surface area contributed by atoms with Gasteiger partial charge >= 0.3 is 5.97 Å². The highest BCUT2D eigenvalue weighted by molar-refractivity contribution is 5.84. The molecule has 24 heavy (non-hydrogen) atoms. The summed E-state index contributed by atoms with van der Waals surface area (Å²) in [5.41, 5.74) is 0. The number of carboxylic acids is 1. The molecule has 0 spiro atoms. The molecule has 2 unspecified atom stereocenters. The number of carbonyl (C=O) groups excluding carboxylic acids is 1. The maximum Gasteiger partial charge on any atom is 0.303 e. The third kappa shape index (κ3) is 13.3. The molecule has 4 nitrogen and oxygen atoms in total. The molecule has 1 aliphatic carbocycles. The van der Waals surface area contributed by atoms with E-state index in [4.69, 9.17) is 5.11 Å². The van der Waals surface area contributed by atoms with Crippen LogP contribution in [0, 0.1) is 5.92 Å². The standard InChI is InChI=1S/C13H22O2.C7H14O2/c1-2-3-4-7-12(14)10-9-11-6-5-8-13(11)15;1-2-3-4-5-6-7(8)9/h9-12,14H,2-8H2,1H3;2-6H2,1H3,(H,8,9). The lowest BCUT2D eigenvalue weighted by molar-refractivity contribution is -0.137. The Morgan fingerprint density at radius 2 is 1.83 bits per heavy atom. The minimum Gasteiger partial charge on any atom is -0.481 e. The van der Waals surface area contributed by atoms with E-state index < -0.39 is 5.97 Å². The number of ketones is 1. The first kappa shape index (κ1) is 22.8. The zero-order valence-corrected chi connectivity index (χ0v) is 15.5. The largest absolute Gasteiger partial charge is 0.481 e. The Hall–Kier alpha value is -1.16. The van der Waals surface area contributed by atoms with E-state index in [9.17, 15) is 14.7 Å². The molecule has 1 saturated carbocycles. The average Bonchev–Trinajstić information content (AvgIpc) is 2.95. The van der Waals surface area contributed by atoms with E-state index in [2.05, 4.69) is 13.8 Å². The van der Waals surface area contributed by atoms with E-state index in [-0.39, 0.29) is 12.0 Å². The molecule has 1 rings (SSSR count). The van der Waals surface area contributed by atoms with Gasteiger partial charge in [0.1, 0.15) is 5.78 Å². The van der Waals surface area contributed by atoms with Crippen molar-refractivity contribution in [3.8, 4) is 0 Å². The normalized spacial score (nSPS) is 18.5. The summed E-state index contributed by atoms with van der Waals surface area (Å²) in [7, 11) is 0. The first-order chi connectivity index (χ1) is 11.5. The summed E-state index contributed by atoms with van der Waals surface area (Å²) in [6.45, 7) is 4.26. The number of aliphatic hydroxyl groups excluding tert-OH is 1. The van der Waals surface area contributed by atoms with Crippen molar-refractivity contribution in [2.45, 2.75) is 97.0 Å². The molecule has 0 aromatic rings. The summed E-state index contributed by atoms with van der Waals surface area (Å²) in [4.78, 5) is 21.3. The first-order valence-electron chi connectivity index (χ1n) is 9.62. The van der Waals surface area contributed by atoms with E-state index in [1.54, 1.807) is 0 Å². The van der Waals surface area contributed by atoms with Crippen molar-refractivity contribution in [3.05, 3.63) is 12.2 Å². The molecule has 0 amide bonds. The second-order valence-corrected chi connectivity index (χ2v) is 6.62. The van der Waals surface area contributed by atoms with Crippen LogP contribution in [0.1, 0.15) is 90.9 Å². The third-order valence-corrected chi connectivity index (χ3v) is 4.27. The van der Waals surface area contributed by atoms with E-state index in [0.29, 0.717) is 12.2 Å². The summed E-state index contributed by atoms with van der Waals surface area (Å²) in [5.74, 6) is -0.246. The Morgan fingerprint density at radius 3 is 2.38 bits per heavy atom. The van der Waals surface area contributed by atoms with Crippen LogP contribution >= 0.6 is 0 Å². The monoisotopic (exact) mass is 340 g/mol. The lowest BCUT2D eigenvalue weighted by Crippen LogP contribution is -2.06. The quantitative estimate of drug-likeness (QED) is 0.414. The van der Waals surface area contributed by atoms with E-state index in [1.165, 1.54) is 19.3 Å². The summed E-state index contributed by atoms with van der Waals surface area (Å²) in [5, 5.41) is 17.8. The Kier molecular flexibility index (Phi) is 14.6. The Morgan fingerprint density at radius 1 is 1.17 bits per heavy atom. The molecule has 0 heterocycles. The lowest BCUT2D eigenvalue weighted by atomic mass is 10.0. The van der Waals surface area contributed by atoms with Gasteiger partial charge in [0, 0.05) is 18.8 Å². The van der Waals surface area contributed by atoms with Crippen LogP contribution in [0.3, 0.4) is 0 Å². The number of hydrogen-bond acceptors (Lipinski definition) is 3. The van der Waals surface area contributed by atoms with Crippen LogP contribution in [0.15, 0.2) is 12.2 Å². The fraction of sp³-hybridized carbons (Fsp3) is 0.800. The second kappa shape index (κ2) is 15.4. The van der Waals surface area contributed by atoms with Crippen LogP contribution in [0.2, 0.25) is 0 Å². The minimum atomic E-state index is -0.675. The van der Waals surface area contributed by atoms with Gasteiger partial charge in [-0.25, -0.2) is 0 Å². The number of carboxylic acid groups (broad SMARTS) is 1. The predicted molar refractivity (Wildman–Crippen MR) is 98.0 cm³/mol. The zero-order chi connectivity index (χ0) is 18.2. The third-order valence-electron chi connectivity index (χ3n) is 4.27. The van der Waals surface area contributed by atoms with Crippen LogP contribution in [-0.2, 0) is 9.59 Å². The van der Waals surface area contributed by atoms with Crippen LogP contribution in [0.4, 0.5) is 0 Å². The van der Waals surface area contributed by atoms with Crippen LogP contribution in [0.25, 0.3) is 0 Å². The Balaban J connectivity index is 0.000000506. The lowest BCUT2D eigenvalue weighted by Gasteiger charge is -2.05. The molecular weight excluding hydrogens is 304 g/mol. The summed E-state index contributed by atoms with van der Waals surface area (Å²) < 4.78 is 0. The van der Waals surface area contributed by atoms with Gasteiger partial charge in [0.25, 0.3) is 0 Å². The van der Waals surface area contributed by atoms with Gasteiger partial charge < -0.3 is 10.2 Å². The number of hydrogen-bond donors (Lipinski definition) is 2. The smallest absolute Gasteiger partial charge is 0.303 e. The molecule has 140 valence electrons. The molecule has 2 atom stereocenters. The molecule has 0 radical (unpaired) electrons. The van der Waals surface area contributed by atoms with Crippen LogP contribution in [-0.4, -0.2) is 28.1 Å². The molecule has 2 N–H and O–H groups in total. The van der Waals surface area contributed by atoms with E-state index >= 15 is 0 Å². The highest BCUT2D eigenvalue weighted by atomic mass is 16.4. The van der Waals surface area contributed by atoms with Gasteiger partial charge in [-0.3, -0.25) is 9.59 Å². The van der Waals surface area contributed by atoms with Crippen molar-refractivity contribution in [3.63, 3.8) is 0 Å². The SMILES string of the molecule is CCCCCC(O)C=CC1CCCC1=O.CCCCCCC(=O)O. The first-order valence-corrected chi connectivity index (χ1v) is 9.62. The molecule has 1 fully saturated rings. The molecule has 0 aromatic heterocycles. The Labute approximate surface area is 147 Å². The molecule has 0 aliphatic heterocycles. The van der Waals surface area contributed by atoms with E-state index in [0.717, 1.165) is 51.4 Å². The molecule has 0 aromatic carbocycles. The molecular formula is C20H36O4. The van der Waals surface area contributed by atoms with Gasteiger partial charge in [-0.15, -0.1) is 0 Å². The van der Waals surface area contributed by atoms with Gasteiger partial charge in [-0.1, -0.05) is 64.5 Å². The minimum absolute atomic E-state index is 0.0887. The number of unbranched alkanes of at least 4 members (excludes halogenated alkanes) is 5. The fourth-order valence-corrected chi connectivity index (χ4v) is 2.71. The maximum absolute atomic E-state index is 11.3. The number of aliphatic carboxylic acids is 1. The van der Waals surface area contributed by atoms with Gasteiger partial charge in [-0.2, -0.15) is 0 Å². The summed E-state index contributed by atoms with van der Waals surface area (Å²) in [6, 6.07) is 0. The maximum atomic E-state index is 11.3. The summed E-state index contributed by atoms with van der Waals surface area (Å²) in [6.07, 6.45) is 14.9. The van der Waals surface area contributed by atoms with Gasteiger partial charge in [-0.05, 0) is 25.7 Å². The number of allylic oxidation sites excluding steroid dienone is 1. The molecule has 1 aliphatic rings. The molecule has 0 saturated heterocycles. The van der Waals surface area contributed by atoms with Crippen molar-refractivity contribution < 1.29 is 19.8 Å².